The van der Waals surface area contributed by atoms with E-state index in [1.165, 1.54) is 0 Å². The van der Waals surface area contributed by atoms with Crippen LogP contribution in [0.15, 0.2) is 30.3 Å². The van der Waals surface area contributed by atoms with Gasteiger partial charge in [0, 0.05) is 12.2 Å². The summed E-state index contributed by atoms with van der Waals surface area (Å²) in [5.74, 6) is -0.243. The normalized spacial score (nSPS) is 12.1. The molecule has 1 atom stereocenters. The van der Waals surface area contributed by atoms with E-state index >= 15 is 0 Å². The molecule has 0 bridgehead atoms. The number of amides is 1. The monoisotopic (exact) mass is 220 g/mol. The second kappa shape index (κ2) is 6.16. The molecule has 0 aromatic heterocycles. The molecule has 16 heavy (non-hydrogen) atoms. The van der Waals surface area contributed by atoms with Gasteiger partial charge in [0.1, 0.15) is 6.04 Å². The van der Waals surface area contributed by atoms with Crippen molar-refractivity contribution in [1.82, 2.24) is 0 Å². The Bertz CT molecular complexity index is 324. The Hall–Kier alpha value is -1.51. The van der Waals surface area contributed by atoms with E-state index in [1.54, 1.807) is 0 Å². The van der Waals surface area contributed by atoms with Gasteiger partial charge in [-0.2, -0.15) is 0 Å². The topological polar surface area (TPSA) is 46.3 Å². The molecule has 1 unspecified atom stereocenters. The van der Waals surface area contributed by atoms with Crippen LogP contribution in [-0.2, 0) is 4.79 Å². The number of hydrogen-bond donors (Lipinski definition) is 1. The number of hydrogen-bond acceptors (Lipinski definition) is 2. The molecule has 1 rings (SSSR count). The minimum atomic E-state index is -0.243. The van der Waals surface area contributed by atoms with Crippen molar-refractivity contribution in [2.75, 3.05) is 11.4 Å². The van der Waals surface area contributed by atoms with Gasteiger partial charge < -0.3 is 10.6 Å². The summed E-state index contributed by atoms with van der Waals surface area (Å²) in [6.45, 7) is 4.89. The maximum Gasteiger partial charge on any atom is 0.240 e. The predicted molar refractivity (Wildman–Crippen MR) is 67.4 cm³/mol. The Balaban J connectivity index is 2.91. The fourth-order valence-corrected chi connectivity index (χ4v) is 1.93. The molecule has 0 fully saturated rings. The van der Waals surface area contributed by atoms with Gasteiger partial charge in [0.15, 0.2) is 0 Å². The highest BCUT2D eigenvalue weighted by molar-refractivity contribution is 5.83. The van der Waals surface area contributed by atoms with Crippen LogP contribution in [0.2, 0.25) is 0 Å². The van der Waals surface area contributed by atoms with Crippen molar-refractivity contribution in [2.45, 2.75) is 32.7 Å². The highest BCUT2D eigenvalue weighted by Gasteiger charge is 2.21. The molecule has 0 aliphatic heterocycles. The molecule has 0 aliphatic rings. The van der Waals surface area contributed by atoms with Crippen LogP contribution in [0.1, 0.15) is 26.7 Å². The molecule has 1 amide bonds. The van der Waals surface area contributed by atoms with Gasteiger partial charge in [0.05, 0.1) is 0 Å². The van der Waals surface area contributed by atoms with E-state index in [9.17, 15) is 4.79 Å². The Kier molecular flexibility index (Phi) is 4.83. The van der Waals surface area contributed by atoms with E-state index in [1.807, 2.05) is 37.3 Å². The Morgan fingerprint density at radius 1 is 1.31 bits per heavy atom. The molecule has 0 saturated carbocycles. The molecule has 3 heteroatoms. The number of primary amides is 1. The minimum Gasteiger partial charge on any atom is -0.368 e. The lowest BCUT2D eigenvalue weighted by molar-refractivity contribution is -0.119. The van der Waals surface area contributed by atoms with Gasteiger partial charge in [-0.3, -0.25) is 4.79 Å². The van der Waals surface area contributed by atoms with Crippen LogP contribution in [0, 0.1) is 0 Å². The number of para-hydroxylation sites is 1. The number of anilines is 1. The molecule has 2 N–H and O–H groups in total. The number of benzene rings is 1. The first-order valence-corrected chi connectivity index (χ1v) is 5.81. The smallest absolute Gasteiger partial charge is 0.240 e. The second-order valence-electron chi connectivity index (χ2n) is 3.83. The van der Waals surface area contributed by atoms with Gasteiger partial charge in [-0.15, -0.1) is 0 Å². The van der Waals surface area contributed by atoms with Gasteiger partial charge in [0.25, 0.3) is 0 Å². The van der Waals surface area contributed by atoms with Crippen LogP contribution in [0.4, 0.5) is 5.69 Å². The van der Waals surface area contributed by atoms with Crippen molar-refractivity contribution in [1.29, 1.82) is 0 Å². The highest BCUT2D eigenvalue weighted by Crippen LogP contribution is 2.18. The maximum atomic E-state index is 11.4. The van der Waals surface area contributed by atoms with E-state index < -0.39 is 0 Å². The number of rotatable bonds is 6. The first-order valence-electron chi connectivity index (χ1n) is 5.81. The Morgan fingerprint density at radius 3 is 2.38 bits per heavy atom. The van der Waals surface area contributed by atoms with Crippen LogP contribution in [0.5, 0.6) is 0 Å². The van der Waals surface area contributed by atoms with Crippen LogP contribution in [0.25, 0.3) is 0 Å². The lowest BCUT2D eigenvalue weighted by Crippen LogP contribution is -2.44. The van der Waals surface area contributed by atoms with Crippen molar-refractivity contribution in [2.24, 2.45) is 5.73 Å². The number of nitrogens with two attached hydrogens (primary N) is 1. The first-order chi connectivity index (χ1) is 7.70. The summed E-state index contributed by atoms with van der Waals surface area (Å²) in [6.07, 6.45) is 1.76. The Morgan fingerprint density at radius 2 is 1.94 bits per heavy atom. The van der Waals surface area contributed by atoms with Crippen LogP contribution in [0.3, 0.4) is 0 Å². The summed E-state index contributed by atoms with van der Waals surface area (Å²) in [5, 5.41) is 0. The van der Waals surface area contributed by atoms with E-state index in [2.05, 4.69) is 11.8 Å². The number of likely N-dealkylation sites (N-methyl/N-ethyl adjacent to an activating group) is 1. The largest absolute Gasteiger partial charge is 0.368 e. The SMILES string of the molecule is CCCC(C(N)=O)N(CC)c1ccccc1. The summed E-state index contributed by atoms with van der Waals surface area (Å²) in [7, 11) is 0. The average molecular weight is 220 g/mol. The van der Waals surface area contributed by atoms with Crippen molar-refractivity contribution in [3.8, 4) is 0 Å². The summed E-state index contributed by atoms with van der Waals surface area (Å²) >= 11 is 0. The van der Waals surface area contributed by atoms with Gasteiger partial charge >= 0.3 is 0 Å². The summed E-state index contributed by atoms with van der Waals surface area (Å²) < 4.78 is 0. The summed E-state index contributed by atoms with van der Waals surface area (Å²) in [5.41, 5.74) is 6.51. The average Bonchev–Trinajstić information content (AvgIpc) is 2.30. The molecule has 0 radical (unpaired) electrons. The fraction of sp³-hybridized carbons (Fsp3) is 0.462. The third-order valence-electron chi connectivity index (χ3n) is 2.70. The van der Waals surface area contributed by atoms with Crippen molar-refractivity contribution < 1.29 is 4.79 Å². The number of carbonyl (C=O) groups is 1. The van der Waals surface area contributed by atoms with E-state index in [0.29, 0.717) is 0 Å². The van der Waals surface area contributed by atoms with Crippen molar-refractivity contribution >= 4 is 11.6 Å². The predicted octanol–water partition coefficient (Wildman–Crippen LogP) is 2.17. The van der Waals surface area contributed by atoms with Crippen molar-refractivity contribution in [3.05, 3.63) is 30.3 Å². The third-order valence-corrected chi connectivity index (χ3v) is 2.70. The molecular formula is C13H20N2O. The zero-order valence-corrected chi connectivity index (χ0v) is 10.0. The molecule has 3 nitrogen and oxygen atoms in total. The zero-order valence-electron chi connectivity index (χ0n) is 10.0. The van der Waals surface area contributed by atoms with Gasteiger partial charge in [-0.1, -0.05) is 31.5 Å². The third kappa shape index (κ3) is 2.99. The molecule has 0 saturated heterocycles. The van der Waals surface area contributed by atoms with Crippen LogP contribution in [-0.4, -0.2) is 18.5 Å². The Labute approximate surface area is 97.2 Å². The minimum absolute atomic E-state index is 0.197. The lowest BCUT2D eigenvalue weighted by Gasteiger charge is -2.30. The molecule has 0 aliphatic carbocycles. The van der Waals surface area contributed by atoms with E-state index in [0.717, 1.165) is 25.1 Å². The molecular weight excluding hydrogens is 200 g/mol. The number of nitrogens with zero attached hydrogens (tertiary/aromatic N) is 1. The first kappa shape index (κ1) is 12.6. The van der Waals surface area contributed by atoms with Gasteiger partial charge in [-0.25, -0.2) is 0 Å². The maximum absolute atomic E-state index is 11.4. The molecule has 1 aromatic carbocycles. The number of carbonyl (C=O) groups excluding carboxylic acids is 1. The van der Waals surface area contributed by atoms with Gasteiger partial charge in [0.2, 0.25) is 5.91 Å². The lowest BCUT2D eigenvalue weighted by atomic mass is 10.1. The molecule has 1 aromatic rings. The standard InChI is InChI=1S/C13H20N2O/c1-3-8-12(13(14)16)15(4-2)11-9-6-5-7-10-11/h5-7,9-10,12H,3-4,8H2,1-2H3,(H2,14,16). The molecule has 88 valence electrons. The summed E-state index contributed by atoms with van der Waals surface area (Å²) in [6, 6.07) is 9.74. The highest BCUT2D eigenvalue weighted by atomic mass is 16.1. The fourth-order valence-electron chi connectivity index (χ4n) is 1.93. The van der Waals surface area contributed by atoms with Gasteiger partial charge in [-0.05, 0) is 25.5 Å². The second-order valence-corrected chi connectivity index (χ2v) is 3.83. The quantitative estimate of drug-likeness (QED) is 0.798. The van der Waals surface area contributed by atoms with E-state index in [4.69, 9.17) is 5.73 Å². The molecule has 0 heterocycles. The van der Waals surface area contributed by atoms with Crippen LogP contribution >= 0.6 is 0 Å². The van der Waals surface area contributed by atoms with Crippen molar-refractivity contribution in [3.63, 3.8) is 0 Å². The molecule has 0 spiro atoms. The zero-order chi connectivity index (χ0) is 12.0. The summed E-state index contributed by atoms with van der Waals surface area (Å²) in [4.78, 5) is 13.5. The van der Waals surface area contributed by atoms with Crippen LogP contribution < -0.4 is 10.6 Å². The van der Waals surface area contributed by atoms with E-state index in [-0.39, 0.29) is 11.9 Å².